The minimum Gasteiger partial charge on any atom is -0.496 e. The lowest BCUT2D eigenvalue weighted by Gasteiger charge is -2.18. The number of carbonyl (C=O) groups excluding carboxylic acids is 1. The Bertz CT molecular complexity index is 732. The van der Waals surface area contributed by atoms with E-state index in [1.807, 2.05) is 60.2 Å². The zero-order chi connectivity index (χ0) is 16.8. The molecule has 4 nitrogen and oxygen atoms in total. The number of methoxy groups -OCH3 is 1. The van der Waals surface area contributed by atoms with Gasteiger partial charge in [0, 0.05) is 29.4 Å². The van der Waals surface area contributed by atoms with Crippen molar-refractivity contribution in [2.45, 2.75) is 19.0 Å². The van der Waals surface area contributed by atoms with Gasteiger partial charge in [0.2, 0.25) is 5.91 Å². The number of nitrogens with one attached hydrogen (secondary N) is 1. The van der Waals surface area contributed by atoms with Gasteiger partial charge in [-0.3, -0.25) is 4.79 Å². The number of benzene rings is 1. The van der Waals surface area contributed by atoms with Crippen LogP contribution in [0.1, 0.15) is 22.9 Å². The van der Waals surface area contributed by atoms with Crippen molar-refractivity contribution in [3.63, 3.8) is 0 Å². The van der Waals surface area contributed by atoms with E-state index in [-0.39, 0.29) is 11.9 Å². The summed E-state index contributed by atoms with van der Waals surface area (Å²) in [6.07, 6.45) is 4.40. The van der Waals surface area contributed by atoms with Gasteiger partial charge in [-0.05, 0) is 29.6 Å². The Hall–Kier alpha value is -2.53. The number of carbonyl (C=O) groups is 1. The molecule has 1 N–H and O–H groups in total. The fraction of sp³-hybridized carbons (Fsp3) is 0.211. The topological polar surface area (TPSA) is 43.3 Å². The van der Waals surface area contributed by atoms with Crippen LogP contribution in [0.25, 0.3) is 0 Å². The van der Waals surface area contributed by atoms with Gasteiger partial charge in [0.25, 0.3) is 0 Å². The van der Waals surface area contributed by atoms with E-state index in [0.717, 1.165) is 11.3 Å². The van der Waals surface area contributed by atoms with E-state index in [0.29, 0.717) is 13.0 Å². The van der Waals surface area contributed by atoms with Gasteiger partial charge in [0.15, 0.2) is 0 Å². The first-order chi connectivity index (χ1) is 11.8. The SMILES string of the molecule is COc1ccccc1CNC(=O)C[C@@H](c1cccs1)n1cccc1. The molecule has 0 saturated carbocycles. The second-order valence-corrected chi connectivity index (χ2v) is 6.43. The number of thiophene rings is 1. The molecular weight excluding hydrogens is 320 g/mol. The van der Waals surface area contributed by atoms with Crippen LogP contribution in [0.4, 0.5) is 0 Å². The van der Waals surface area contributed by atoms with E-state index in [1.54, 1.807) is 18.4 Å². The summed E-state index contributed by atoms with van der Waals surface area (Å²) in [5, 5.41) is 5.04. The zero-order valence-corrected chi connectivity index (χ0v) is 14.3. The molecule has 0 spiro atoms. The molecular formula is C19H20N2O2S. The highest BCUT2D eigenvalue weighted by atomic mass is 32.1. The highest BCUT2D eigenvalue weighted by molar-refractivity contribution is 7.10. The lowest BCUT2D eigenvalue weighted by atomic mass is 10.1. The fourth-order valence-electron chi connectivity index (χ4n) is 2.68. The number of para-hydroxylation sites is 1. The third-order valence-corrected chi connectivity index (χ3v) is 4.88. The Morgan fingerprint density at radius 3 is 2.67 bits per heavy atom. The van der Waals surface area contributed by atoms with Crippen molar-refractivity contribution in [1.82, 2.24) is 9.88 Å². The molecule has 2 aromatic heterocycles. The van der Waals surface area contributed by atoms with E-state index in [4.69, 9.17) is 4.74 Å². The van der Waals surface area contributed by atoms with Crippen LogP contribution in [0.3, 0.4) is 0 Å². The third-order valence-electron chi connectivity index (χ3n) is 3.91. The molecule has 2 heterocycles. The van der Waals surface area contributed by atoms with Gasteiger partial charge in [-0.25, -0.2) is 0 Å². The number of hydrogen-bond acceptors (Lipinski definition) is 3. The van der Waals surface area contributed by atoms with Crippen molar-refractivity contribution in [2.24, 2.45) is 0 Å². The molecule has 5 heteroatoms. The van der Waals surface area contributed by atoms with Gasteiger partial charge in [-0.1, -0.05) is 24.3 Å². The van der Waals surface area contributed by atoms with Crippen LogP contribution in [0.2, 0.25) is 0 Å². The van der Waals surface area contributed by atoms with Crippen LogP contribution >= 0.6 is 11.3 Å². The van der Waals surface area contributed by atoms with Gasteiger partial charge in [-0.15, -0.1) is 11.3 Å². The van der Waals surface area contributed by atoms with E-state index in [1.165, 1.54) is 4.88 Å². The highest BCUT2D eigenvalue weighted by Gasteiger charge is 2.18. The Balaban J connectivity index is 1.66. The Kier molecular flexibility index (Phi) is 5.33. The quantitative estimate of drug-likeness (QED) is 0.710. The zero-order valence-electron chi connectivity index (χ0n) is 13.5. The summed E-state index contributed by atoms with van der Waals surface area (Å²) in [5.41, 5.74) is 0.974. The second-order valence-electron chi connectivity index (χ2n) is 5.45. The first kappa shape index (κ1) is 16.3. The largest absolute Gasteiger partial charge is 0.496 e. The van der Waals surface area contributed by atoms with Gasteiger partial charge < -0.3 is 14.6 Å². The standard InChI is InChI=1S/C19H20N2O2S/c1-23-17-8-3-2-7-15(17)14-20-19(22)13-16(18-9-6-12-24-18)21-10-4-5-11-21/h2-12,16H,13-14H2,1H3,(H,20,22)/t16-/m0/s1. The molecule has 0 radical (unpaired) electrons. The summed E-state index contributed by atoms with van der Waals surface area (Å²) in [4.78, 5) is 13.6. The highest BCUT2D eigenvalue weighted by Crippen LogP contribution is 2.26. The number of ether oxygens (including phenoxy) is 1. The molecule has 3 rings (SSSR count). The Morgan fingerprint density at radius 2 is 1.96 bits per heavy atom. The normalized spacial score (nSPS) is 11.9. The first-order valence-corrected chi connectivity index (χ1v) is 8.70. The summed E-state index contributed by atoms with van der Waals surface area (Å²) in [7, 11) is 1.64. The number of aromatic nitrogens is 1. The molecule has 124 valence electrons. The van der Waals surface area contributed by atoms with Crippen molar-refractivity contribution in [2.75, 3.05) is 7.11 Å². The van der Waals surface area contributed by atoms with Crippen molar-refractivity contribution < 1.29 is 9.53 Å². The molecule has 1 aromatic carbocycles. The van der Waals surface area contributed by atoms with E-state index in [2.05, 4.69) is 16.0 Å². The van der Waals surface area contributed by atoms with Crippen LogP contribution in [0.15, 0.2) is 66.3 Å². The predicted octanol–water partition coefficient (Wildman–Crippen LogP) is 3.85. The molecule has 0 aliphatic rings. The number of rotatable bonds is 7. The lowest BCUT2D eigenvalue weighted by molar-refractivity contribution is -0.121. The van der Waals surface area contributed by atoms with Crippen molar-refractivity contribution in [1.29, 1.82) is 0 Å². The van der Waals surface area contributed by atoms with Crippen LogP contribution in [0.5, 0.6) is 5.75 Å². The third kappa shape index (κ3) is 3.86. The number of nitrogens with zero attached hydrogens (tertiary/aromatic N) is 1. The number of amides is 1. The average molecular weight is 340 g/mol. The molecule has 1 amide bonds. The predicted molar refractivity (Wildman–Crippen MR) is 96.3 cm³/mol. The first-order valence-electron chi connectivity index (χ1n) is 7.82. The van der Waals surface area contributed by atoms with E-state index in [9.17, 15) is 4.79 Å². The monoisotopic (exact) mass is 340 g/mol. The minimum atomic E-state index is 0.0213. The molecule has 0 unspecified atom stereocenters. The van der Waals surface area contributed by atoms with Gasteiger partial charge in [-0.2, -0.15) is 0 Å². The van der Waals surface area contributed by atoms with E-state index < -0.39 is 0 Å². The summed E-state index contributed by atoms with van der Waals surface area (Å²) < 4.78 is 7.40. The molecule has 0 saturated heterocycles. The summed E-state index contributed by atoms with van der Waals surface area (Å²) in [6, 6.07) is 15.8. The Labute approximate surface area is 145 Å². The summed E-state index contributed by atoms with van der Waals surface area (Å²) in [5.74, 6) is 0.811. The Morgan fingerprint density at radius 1 is 1.17 bits per heavy atom. The van der Waals surface area contributed by atoms with Gasteiger partial charge >= 0.3 is 0 Å². The molecule has 0 aliphatic heterocycles. The second kappa shape index (κ2) is 7.84. The van der Waals surface area contributed by atoms with Gasteiger partial charge in [0.05, 0.1) is 19.6 Å². The molecule has 3 aromatic rings. The maximum atomic E-state index is 12.5. The van der Waals surface area contributed by atoms with Gasteiger partial charge in [0.1, 0.15) is 5.75 Å². The lowest BCUT2D eigenvalue weighted by Crippen LogP contribution is -2.26. The smallest absolute Gasteiger partial charge is 0.222 e. The molecule has 0 bridgehead atoms. The van der Waals surface area contributed by atoms with Crippen LogP contribution < -0.4 is 10.1 Å². The van der Waals surface area contributed by atoms with Crippen LogP contribution in [-0.4, -0.2) is 17.6 Å². The maximum absolute atomic E-state index is 12.5. The van der Waals surface area contributed by atoms with E-state index >= 15 is 0 Å². The molecule has 0 fully saturated rings. The van der Waals surface area contributed by atoms with Crippen LogP contribution in [0, 0.1) is 0 Å². The fourth-order valence-corrected chi connectivity index (χ4v) is 3.51. The summed E-state index contributed by atoms with van der Waals surface area (Å²) in [6.45, 7) is 0.464. The van der Waals surface area contributed by atoms with Crippen LogP contribution in [-0.2, 0) is 11.3 Å². The average Bonchev–Trinajstić information content (AvgIpc) is 3.31. The maximum Gasteiger partial charge on any atom is 0.222 e. The van der Waals surface area contributed by atoms with Crippen molar-refractivity contribution in [3.8, 4) is 5.75 Å². The van der Waals surface area contributed by atoms with Crippen molar-refractivity contribution >= 4 is 17.2 Å². The number of hydrogen-bond donors (Lipinski definition) is 1. The molecule has 24 heavy (non-hydrogen) atoms. The van der Waals surface area contributed by atoms with Crippen molar-refractivity contribution in [3.05, 3.63) is 76.7 Å². The molecule has 1 atom stereocenters. The minimum absolute atomic E-state index is 0.0213. The molecule has 0 aliphatic carbocycles. The summed E-state index contributed by atoms with van der Waals surface area (Å²) >= 11 is 1.67.